The number of rotatable bonds is 1. The molecule has 0 spiro atoms. The molecule has 100 valence electrons. The van der Waals surface area contributed by atoms with Crippen molar-refractivity contribution in [1.82, 2.24) is 9.80 Å². The molecule has 2 heterocycles. The van der Waals surface area contributed by atoms with Gasteiger partial charge in [0.05, 0.1) is 0 Å². The summed E-state index contributed by atoms with van der Waals surface area (Å²) < 4.78 is 0. The Morgan fingerprint density at radius 2 is 1.35 bits per heavy atom. The van der Waals surface area contributed by atoms with Crippen molar-refractivity contribution in [1.29, 1.82) is 0 Å². The van der Waals surface area contributed by atoms with Crippen molar-refractivity contribution < 1.29 is 0 Å². The molecular formula is C15H30N2. The molecule has 0 aromatic carbocycles. The third kappa shape index (κ3) is 3.45. The zero-order chi connectivity index (χ0) is 12.5. The molecule has 0 aromatic heterocycles. The predicted octanol–water partition coefficient (Wildman–Crippen LogP) is 2.84. The van der Waals surface area contributed by atoms with Gasteiger partial charge in [-0.05, 0) is 70.2 Å². The third-order valence-electron chi connectivity index (χ3n) is 4.96. The molecule has 2 saturated heterocycles. The lowest BCUT2D eigenvalue weighted by atomic mass is 9.75. The van der Waals surface area contributed by atoms with Crippen LogP contribution in [-0.4, -0.2) is 49.1 Å². The van der Waals surface area contributed by atoms with Gasteiger partial charge in [-0.2, -0.15) is 0 Å². The van der Waals surface area contributed by atoms with Crippen molar-refractivity contribution >= 4 is 0 Å². The number of piperidine rings is 2. The molecule has 2 aliphatic heterocycles. The Hall–Kier alpha value is -0.0800. The van der Waals surface area contributed by atoms with Gasteiger partial charge in [0.25, 0.3) is 0 Å². The highest BCUT2D eigenvalue weighted by atomic mass is 15.2. The van der Waals surface area contributed by atoms with Crippen LogP contribution in [0.25, 0.3) is 0 Å². The molecular weight excluding hydrogens is 208 g/mol. The van der Waals surface area contributed by atoms with Gasteiger partial charge < -0.3 is 9.80 Å². The largest absolute Gasteiger partial charge is 0.306 e. The van der Waals surface area contributed by atoms with E-state index in [-0.39, 0.29) is 0 Å². The van der Waals surface area contributed by atoms with Crippen LogP contribution >= 0.6 is 0 Å². The van der Waals surface area contributed by atoms with E-state index in [1.807, 2.05) is 0 Å². The Bertz CT molecular complexity index is 228. The van der Waals surface area contributed by atoms with Crippen LogP contribution in [0.1, 0.15) is 46.5 Å². The first-order chi connectivity index (χ1) is 7.97. The van der Waals surface area contributed by atoms with Crippen molar-refractivity contribution in [2.45, 2.75) is 52.5 Å². The van der Waals surface area contributed by atoms with Gasteiger partial charge >= 0.3 is 0 Å². The highest BCUT2D eigenvalue weighted by molar-refractivity contribution is 4.85. The summed E-state index contributed by atoms with van der Waals surface area (Å²) >= 11 is 0. The van der Waals surface area contributed by atoms with E-state index < -0.39 is 0 Å². The summed E-state index contributed by atoms with van der Waals surface area (Å²) in [6.07, 6.45) is 5.60. The zero-order valence-electron chi connectivity index (χ0n) is 12.2. The van der Waals surface area contributed by atoms with Crippen molar-refractivity contribution in [3.63, 3.8) is 0 Å². The van der Waals surface area contributed by atoms with Crippen LogP contribution in [0.5, 0.6) is 0 Å². The fourth-order valence-corrected chi connectivity index (χ4v) is 3.49. The first kappa shape index (κ1) is 13.4. The molecule has 0 aromatic rings. The minimum atomic E-state index is 0.513. The Morgan fingerprint density at radius 1 is 0.824 bits per heavy atom. The first-order valence-corrected chi connectivity index (χ1v) is 7.39. The van der Waals surface area contributed by atoms with Gasteiger partial charge in [0.1, 0.15) is 0 Å². The van der Waals surface area contributed by atoms with E-state index in [1.54, 1.807) is 0 Å². The average Bonchev–Trinajstić information content (AvgIpc) is 2.29. The molecule has 0 saturated carbocycles. The molecule has 0 amide bonds. The summed E-state index contributed by atoms with van der Waals surface area (Å²) in [6, 6.07) is 0.882. The van der Waals surface area contributed by atoms with E-state index >= 15 is 0 Å². The molecule has 0 atom stereocenters. The minimum Gasteiger partial charge on any atom is -0.306 e. The van der Waals surface area contributed by atoms with Crippen molar-refractivity contribution in [2.75, 3.05) is 33.2 Å². The highest BCUT2D eigenvalue weighted by Crippen LogP contribution is 2.35. The van der Waals surface area contributed by atoms with E-state index in [1.165, 1.54) is 51.9 Å². The van der Waals surface area contributed by atoms with Gasteiger partial charge in [-0.25, -0.2) is 0 Å². The van der Waals surface area contributed by atoms with Crippen LogP contribution in [0.4, 0.5) is 0 Å². The number of hydrogen-bond acceptors (Lipinski definition) is 2. The molecule has 0 bridgehead atoms. The van der Waals surface area contributed by atoms with Crippen LogP contribution in [0.3, 0.4) is 0 Å². The normalized spacial score (nSPS) is 27.5. The van der Waals surface area contributed by atoms with Gasteiger partial charge in [0.2, 0.25) is 0 Å². The molecule has 2 fully saturated rings. The molecule has 2 rings (SSSR count). The summed E-state index contributed by atoms with van der Waals surface area (Å²) in [5.74, 6) is 0.935. The summed E-state index contributed by atoms with van der Waals surface area (Å²) in [4.78, 5) is 5.24. The van der Waals surface area contributed by atoms with Gasteiger partial charge in [-0.15, -0.1) is 0 Å². The zero-order valence-corrected chi connectivity index (χ0v) is 12.2. The lowest BCUT2D eigenvalue weighted by Gasteiger charge is -2.44. The second-order valence-electron chi connectivity index (χ2n) is 7.21. The van der Waals surface area contributed by atoms with Gasteiger partial charge in [-0.1, -0.05) is 20.8 Å². The Morgan fingerprint density at radius 3 is 1.82 bits per heavy atom. The van der Waals surface area contributed by atoms with E-state index in [9.17, 15) is 0 Å². The van der Waals surface area contributed by atoms with Crippen molar-refractivity contribution in [2.24, 2.45) is 11.3 Å². The second kappa shape index (κ2) is 5.27. The molecule has 0 unspecified atom stereocenters. The molecule has 0 radical (unpaired) electrons. The number of hydrogen-bond donors (Lipinski definition) is 0. The second-order valence-corrected chi connectivity index (χ2v) is 7.21. The summed E-state index contributed by atoms with van der Waals surface area (Å²) in [5, 5.41) is 0. The summed E-state index contributed by atoms with van der Waals surface area (Å²) in [7, 11) is 2.25. The lowest BCUT2D eigenvalue weighted by molar-refractivity contribution is 0.0566. The molecule has 2 heteroatoms. The predicted molar refractivity (Wildman–Crippen MR) is 74.3 cm³/mol. The molecule has 17 heavy (non-hydrogen) atoms. The number of nitrogens with zero attached hydrogens (tertiary/aromatic N) is 2. The van der Waals surface area contributed by atoms with Crippen LogP contribution in [0.15, 0.2) is 0 Å². The monoisotopic (exact) mass is 238 g/mol. The third-order valence-corrected chi connectivity index (χ3v) is 4.96. The highest BCUT2D eigenvalue weighted by Gasteiger charge is 2.31. The van der Waals surface area contributed by atoms with E-state index in [4.69, 9.17) is 0 Å². The molecule has 2 nitrogen and oxygen atoms in total. The molecule has 0 N–H and O–H groups in total. The topological polar surface area (TPSA) is 6.48 Å². The average molecular weight is 238 g/mol. The summed E-state index contributed by atoms with van der Waals surface area (Å²) in [6.45, 7) is 12.5. The van der Waals surface area contributed by atoms with Gasteiger partial charge in [0, 0.05) is 6.04 Å². The van der Waals surface area contributed by atoms with Gasteiger partial charge in [0.15, 0.2) is 0 Å². The fourth-order valence-electron chi connectivity index (χ4n) is 3.49. The smallest absolute Gasteiger partial charge is 0.0120 e. The standard InChI is InChI=1S/C15H30N2/c1-15(2,3)13-5-11-17(12-6-13)14-7-9-16(4)10-8-14/h13-14H,5-12H2,1-4H3. The quantitative estimate of drug-likeness (QED) is 0.693. The van der Waals surface area contributed by atoms with Crippen LogP contribution in [0.2, 0.25) is 0 Å². The maximum Gasteiger partial charge on any atom is 0.0120 e. The lowest BCUT2D eigenvalue weighted by Crippen LogP contribution is -2.48. The van der Waals surface area contributed by atoms with E-state index in [0.29, 0.717) is 5.41 Å². The molecule has 0 aliphatic carbocycles. The maximum atomic E-state index is 2.77. The Balaban J connectivity index is 1.79. The number of likely N-dealkylation sites (tertiary alicyclic amines) is 2. The van der Waals surface area contributed by atoms with Gasteiger partial charge in [-0.3, -0.25) is 0 Å². The van der Waals surface area contributed by atoms with E-state index in [0.717, 1.165) is 12.0 Å². The van der Waals surface area contributed by atoms with Crippen LogP contribution in [-0.2, 0) is 0 Å². The van der Waals surface area contributed by atoms with E-state index in [2.05, 4.69) is 37.6 Å². The Kier molecular flexibility index (Phi) is 4.14. The van der Waals surface area contributed by atoms with Crippen molar-refractivity contribution in [3.05, 3.63) is 0 Å². The maximum absolute atomic E-state index is 2.77. The minimum absolute atomic E-state index is 0.513. The van der Waals surface area contributed by atoms with Crippen molar-refractivity contribution in [3.8, 4) is 0 Å². The fraction of sp³-hybridized carbons (Fsp3) is 1.00. The SMILES string of the molecule is CN1CCC(N2CCC(C(C)(C)C)CC2)CC1. The Labute approximate surface area is 107 Å². The van der Waals surface area contributed by atoms with Crippen LogP contribution in [0, 0.1) is 11.3 Å². The first-order valence-electron chi connectivity index (χ1n) is 7.39. The summed E-state index contributed by atoms with van der Waals surface area (Å²) in [5.41, 5.74) is 0.513. The van der Waals surface area contributed by atoms with Crippen LogP contribution < -0.4 is 0 Å². The molecule has 2 aliphatic rings.